The highest BCUT2D eigenvalue weighted by atomic mass is 19.1. The number of carbonyl (C=O) groups excluding carboxylic acids is 2. The number of nitrogens with zero attached hydrogens (tertiary/aromatic N) is 3. The minimum Gasteiger partial charge on any atom is -0.501 e. The number of hydrogen-bond acceptors (Lipinski definition) is 6. The van der Waals surface area contributed by atoms with Crippen molar-refractivity contribution in [1.29, 1.82) is 0 Å². The third kappa shape index (κ3) is 6.16. The number of ketones is 1. The standard InChI is InChI=1S/C26H32FN3O6/c1-3-16-7-4-5-14-30-25(16)28-23(24(35)26(30)36)20(31)13-11-17-10-12-18(27)15-19(17)29(2)21(32)8-6-9-22(33)34/h10,12,15-16,35H,3-9,11,13-14H2,1-2H3,(H,33,34). The van der Waals surface area contributed by atoms with E-state index in [1.807, 2.05) is 6.92 Å². The molecular formula is C26H32FN3O6. The van der Waals surface area contributed by atoms with Gasteiger partial charge in [0.2, 0.25) is 11.7 Å². The number of carboxylic acid groups (broad SMARTS) is 1. The maximum Gasteiger partial charge on any atom is 0.303 e. The predicted molar refractivity (Wildman–Crippen MR) is 131 cm³/mol. The first-order valence-electron chi connectivity index (χ1n) is 12.3. The lowest BCUT2D eigenvalue weighted by Crippen LogP contribution is -2.28. The molecule has 3 rings (SSSR count). The lowest BCUT2D eigenvalue weighted by atomic mass is 9.99. The molecule has 36 heavy (non-hydrogen) atoms. The summed E-state index contributed by atoms with van der Waals surface area (Å²) in [6.45, 7) is 2.45. The van der Waals surface area contributed by atoms with E-state index in [9.17, 15) is 28.7 Å². The molecule has 2 N–H and O–H groups in total. The fourth-order valence-corrected chi connectivity index (χ4v) is 4.58. The second-order valence-electron chi connectivity index (χ2n) is 9.12. The normalized spacial score (nSPS) is 15.1. The van der Waals surface area contributed by atoms with E-state index in [4.69, 9.17) is 5.11 Å². The van der Waals surface area contributed by atoms with Crippen molar-refractivity contribution in [2.24, 2.45) is 0 Å². The van der Waals surface area contributed by atoms with E-state index in [2.05, 4.69) is 4.98 Å². The molecule has 1 atom stereocenters. The number of amides is 1. The number of aryl methyl sites for hydroxylation is 1. The van der Waals surface area contributed by atoms with Gasteiger partial charge in [-0.05, 0) is 49.8 Å². The van der Waals surface area contributed by atoms with Crippen molar-refractivity contribution in [3.8, 4) is 5.75 Å². The van der Waals surface area contributed by atoms with Gasteiger partial charge in [-0.15, -0.1) is 0 Å². The van der Waals surface area contributed by atoms with E-state index in [1.54, 1.807) is 0 Å². The Balaban J connectivity index is 1.81. The minimum absolute atomic E-state index is 0.0207. The number of benzene rings is 1. The SMILES string of the molecule is CCC1CCCCn2c1nc(C(=O)CCc1ccc(F)cc1N(C)C(=O)CCCC(=O)O)c(O)c2=O. The lowest BCUT2D eigenvalue weighted by Gasteiger charge is -2.21. The molecule has 0 aliphatic carbocycles. The van der Waals surface area contributed by atoms with Gasteiger partial charge in [-0.25, -0.2) is 9.37 Å². The minimum atomic E-state index is -1.00. The Kier molecular flexibility index (Phi) is 8.95. The molecule has 0 saturated heterocycles. The fraction of sp³-hybridized carbons (Fsp3) is 0.500. The smallest absolute Gasteiger partial charge is 0.303 e. The van der Waals surface area contributed by atoms with Gasteiger partial charge in [0.15, 0.2) is 11.5 Å². The predicted octanol–water partition coefficient (Wildman–Crippen LogP) is 3.80. The summed E-state index contributed by atoms with van der Waals surface area (Å²) in [5, 5.41) is 19.3. The Labute approximate surface area is 208 Å². The van der Waals surface area contributed by atoms with Gasteiger partial charge in [0.05, 0.1) is 0 Å². The van der Waals surface area contributed by atoms with Gasteiger partial charge in [-0.2, -0.15) is 0 Å². The van der Waals surface area contributed by atoms with Gasteiger partial charge >= 0.3 is 5.97 Å². The number of rotatable bonds is 10. The largest absolute Gasteiger partial charge is 0.501 e. The zero-order valence-electron chi connectivity index (χ0n) is 20.6. The quantitative estimate of drug-likeness (QED) is 0.474. The summed E-state index contributed by atoms with van der Waals surface area (Å²) in [5.41, 5.74) is -0.0733. The van der Waals surface area contributed by atoms with Crippen molar-refractivity contribution in [3.05, 3.63) is 51.5 Å². The first-order valence-corrected chi connectivity index (χ1v) is 12.3. The van der Waals surface area contributed by atoms with Crippen LogP contribution in [0.15, 0.2) is 23.0 Å². The highest BCUT2D eigenvalue weighted by Gasteiger charge is 2.26. The monoisotopic (exact) mass is 501 g/mol. The third-order valence-corrected chi connectivity index (χ3v) is 6.67. The Morgan fingerprint density at radius 1 is 1.19 bits per heavy atom. The molecule has 1 aromatic heterocycles. The van der Waals surface area contributed by atoms with Gasteiger partial charge in [0.1, 0.15) is 11.6 Å². The van der Waals surface area contributed by atoms with Crippen LogP contribution in [0.5, 0.6) is 5.75 Å². The topological polar surface area (TPSA) is 130 Å². The number of aromatic hydroxyl groups is 1. The molecule has 194 valence electrons. The van der Waals surface area contributed by atoms with E-state index < -0.39 is 28.9 Å². The molecule has 9 nitrogen and oxygen atoms in total. The van der Waals surface area contributed by atoms with Crippen molar-refractivity contribution in [2.75, 3.05) is 11.9 Å². The molecule has 0 fully saturated rings. The zero-order valence-corrected chi connectivity index (χ0v) is 20.6. The molecule has 1 aliphatic rings. The number of fused-ring (bicyclic) bond motifs is 1. The molecule has 0 bridgehead atoms. The Bertz CT molecular complexity index is 1210. The molecule has 0 saturated carbocycles. The van der Waals surface area contributed by atoms with Crippen molar-refractivity contribution in [1.82, 2.24) is 9.55 Å². The second kappa shape index (κ2) is 11.9. The summed E-state index contributed by atoms with van der Waals surface area (Å²) >= 11 is 0. The van der Waals surface area contributed by atoms with Gasteiger partial charge in [0, 0.05) is 44.5 Å². The van der Waals surface area contributed by atoms with Crippen LogP contribution in [0.25, 0.3) is 0 Å². The number of hydrogen-bond donors (Lipinski definition) is 2. The first kappa shape index (κ1) is 27.0. The fourth-order valence-electron chi connectivity index (χ4n) is 4.58. The molecular weight excluding hydrogens is 469 g/mol. The number of halogens is 1. The average molecular weight is 502 g/mol. The Morgan fingerprint density at radius 2 is 1.94 bits per heavy atom. The Morgan fingerprint density at radius 3 is 2.64 bits per heavy atom. The highest BCUT2D eigenvalue weighted by molar-refractivity contribution is 5.97. The first-order chi connectivity index (χ1) is 17.1. The van der Waals surface area contributed by atoms with Crippen LogP contribution in [0.4, 0.5) is 10.1 Å². The van der Waals surface area contributed by atoms with E-state index in [0.29, 0.717) is 17.9 Å². The summed E-state index contributed by atoms with van der Waals surface area (Å²) in [7, 11) is 1.47. The number of aliphatic carboxylic acids is 1. The number of carbonyl (C=O) groups is 3. The van der Waals surface area contributed by atoms with Crippen LogP contribution >= 0.6 is 0 Å². The summed E-state index contributed by atoms with van der Waals surface area (Å²) in [6.07, 6.45) is 3.34. The number of aromatic nitrogens is 2. The summed E-state index contributed by atoms with van der Waals surface area (Å²) in [4.78, 5) is 54.8. The van der Waals surface area contributed by atoms with Gasteiger partial charge < -0.3 is 15.1 Å². The van der Waals surface area contributed by atoms with E-state index in [1.165, 1.54) is 34.7 Å². The van der Waals surface area contributed by atoms with Crippen molar-refractivity contribution < 1.29 is 29.0 Å². The van der Waals surface area contributed by atoms with Crippen LogP contribution in [0.1, 0.15) is 86.1 Å². The summed E-state index contributed by atoms with van der Waals surface area (Å²) in [6, 6.07) is 3.89. The number of anilines is 1. The van der Waals surface area contributed by atoms with E-state index >= 15 is 0 Å². The number of Topliss-reactive ketones (excluding diaryl/α,β-unsaturated/α-hetero) is 1. The van der Waals surface area contributed by atoms with Crippen molar-refractivity contribution in [2.45, 2.75) is 77.2 Å². The molecule has 1 aliphatic heterocycles. The van der Waals surface area contributed by atoms with Gasteiger partial charge in [-0.3, -0.25) is 23.7 Å². The van der Waals surface area contributed by atoms with Gasteiger partial charge in [-0.1, -0.05) is 19.4 Å². The van der Waals surface area contributed by atoms with E-state index in [-0.39, 0.29) is 55.3 Å². The van der Waals surface area contributed by atoms with Crippen LogP contribution in [-0.4, -0.2) is 44.5 Å². The molecule has 1 unspecified atom stereocenters. The van der Waals surface area contributed by atoms with Crippen LogP contribution in [-0.2, 0) is 22.6 Å². The average Bonchev–Trinajstić information content (AvgIpc) is 3.06. The van der Waals surface area contributed by atoms with Crippen molar-refractivity contribution in [3.63, 3.8) is 0 Å². The summed E-state index contributed by atoms with van der Waals surface area (Å²) < 4.78 is 15.5. The van der Waals surface area contributed by atoms with Crippen LogP contribution < -0.4 is 10.5 Å². The number of carboxylic acids is 1. The molecule has 0 radical (unpaired) electrons. The maximum absolute atomic E-state index is 14.0. The van der Waals surface area contributed by atoms with Crippen LogP contribution in [0.3, 0.4) is 0 Å². The van der Waals surface area contributed by atoms with Crippen LogP contribution in [0.2, 0.25) is 0 Å². The van der Waals surface area contributed by atoms with Crippen LogP contribution in [0, 0.1) is 5.82 Å². The summed E-state index contributed by atoms with van der Waals surface area (Å²) in [5.74, 6) is -2.57. The van der Waals surface area contributed by atoms with E-state index in [0.717, 1.165) is 25.7 Å². The third-order valence-electron chi connectivity index (χ3n) is 6.67. The second-order valence-corrected chi connectivity index (χ2v) is 9.12. The molecule has 2 heterocycles. The lowest BCUT2D eigenvalue weighted by molar-refractivity contribution is -0.137. The molecule has 10 heteroatoms. The molecule has 2 aromatic rings. The molecule has 0 spiro atoms. The highest BCUT2D eigenvalue weighted by Crippen LogP contribution is 2.29. The maximum atomic E-state index is 14.0. The molecule has 1 amide bonds. The Hall–Kier alpha value is -3.56. The molecule has 1 aromatic carbocycles. The zero-order chi connectivity index (χ0) is 26.4. The van der Waals surface area contributed by atoms with Crippen molar-refractivity contribution >= 4 is 23.3 Å². The van der Waals surface area contributed by atoms with Gasteiger partial charge in [0.25, 0.3) is 5.56 Å².